The van der Waals surface area contributed by atoms with Crippen molar-refractivity contribution < 1.29 is 8.42 Å². The molecule has 21 heavy (non-hydrogen) atoms. The summed E-state index contributed by atoms with van der Waals surface area (Å²) in [7, 11) is -3.08. The maximum absolute atomic E-state index is 11.3. The number of rotatable bonds is 8. The maximum atomic E-state index is 11.3. The fourth-order valence-electron chi connectivity index (χ4n) is 2.36. The normalized spacial score (nSPS) is 17.7. The molecule has 1 rings (SSSR count). The first kappa shape index (κ1) is 18.2. The summed E-state index contributed by atoms with van der Waals surface area (Å²) in [5, 5.41) is 6.72. The van der Waals surface area contributed by atoms with E-state index in [0.29, 0.717) is 25.6 Å². The number of sulfonamides is 1. The summed E-state index contributed by atoms with van der Waals surface area (Å²) in [6, 6.07) is 0.523. The molecule has 0 aromatic rings. The number of hydrogen-bond donors (Lipinski definition) is 3. The Balaban J connectivity index is 2.30. The Morgan fingerprint density at radius 2 is 1.90 bits per heavy atom. The topological polar surface area (TPSA) is 82.6 Å². The molecule has 0 radical (unpaired) electrons. The molecule has 1 aliphatic rings. The number of nitrogens with zero attached hydrogens (tertiary/aromatic N) is 1. The highest BCUT2D eigenvalue weighted by atomic mass is 32.2. The van der Waals surface area contributed by atoms with Crippen LogP contribution in [0.5, 0.6) is 0 Å². The first-order valence-corrected chi connectivity index (χ1v) is 9.74. The van der Waals surface area contributed by atoms with E-state index in [4.69, 9.17) is 0 Å². The third-order valence-electron chi connectivity index (χ3n) is 3.60. The fraction of sp³-hybridized carbons (Fsp3) is 0.929. The van der Waals surface area contributed by atoms with Gasteiger partial charge < -0.3 is 10.6 Å². The third kappa shape index (κ3) is 8.26. The molecule has 124 valence electrons. The second-order valence-corrected chi connectivity index (χ2v) is 7.49. The first-order chi connectivity index (χ1) is 10.1. The van der Waals surface area contributed by atoms with E-state index in [2.05, 4.69) is 20.3 Å². The van der Waals surface area contributed by atoms with Crippen molar-refractivity contribution >= 4 is 16.0 Å². The Morgan fingerprint density at radius 3 is 2.52 bits per heavy atom. The predicted octanol–water partition coefficient (Wildman–Crippen LogP) is 1.20. The molecule has 0 heterocycles. The van der Waals surface area contributed by atoms with Crippen LogP contribution in [-0.4, -0.2) is 45.8 Å². The molecule has 0 aromatic carbocycles. The minimum Gasteiger partial charge on any atom is -0.357 e. The van der Waals surface area contributed by atoms with E-state index >= 15 is 0 Å². The summed E-state index contributed by atoms with van der Waals surface area (Å²) >= 11 is 0. The molecular formula is C14H30N4O2S. The Kier molecular flexibility index (Phi) is 8.68. The van der Waals surface area contributed by atoms with Crippen LogP contribution in [0.25, 0.3) is 0 Å². The van der Waals surface area contributed by atoms with Crippen molar-refractivity contribution in [1.29, 1.82) is 0 Å². The van der Waals surface area contributed by atoms with Gasteiger partial charge in [0.05, 0.1) is 5.75 Å². The molecule has 6 nitrogen and oxygen atoms in total. The minimum atomic E-state index is -3.08. The zero-order chi connectivity index (χ0) is 15.6. The molecule has 7 heteroatoms. The van der Waals surface area contributed by atoms with Crippen LogP contribution in [0.2, 0.25) is 0 Å². The average Bonchev–Trinajstić information content (AvgIpc) is 2.48. The van der Waals surface area contributed by atoms with Gasteiger partial charge in [0.1, 0.15) is 0 Å². The molecule has 0 atom stereocenters. The number of hydrogen-bond acceptors (Lipinski definition) is 3. The summed E-state index contributed by atoms with van der Waals surface area (Å²) < 4.78 is 25.1. The number of nitrogens with one attached hydrogen (secondary N) is 3. The highest BCUT2D eigenvalue weighted by Crippen LogP contribution is 2.17. The second kappa shape index (κ2) is 10.00. The van der Waals surface area contributed by atoms with Crippen molar-refractivity contribution in [2.75, 3.05) is 25.4 Å². The van der Waals surface area contributed by atoms with E-state index < -0.39 is 10.0 Å². The van der Waals surface area contributed by atoms with Crippen LogP contribution in [-0.2, 0) is 10.0 Å². The molecule has 0 unspecified atom stereocenters. The lowest BCUT2D eigenvalue weighted by atomic mass is 9.96. The third-order valence-corrected chi connectivity index (χ3v) is 5.00. The van der Waals surface area contributed by atoms with Gasteiger partial charge in [-0.25, -0.2) is 13.1 Å². The quantitative estimate of drug-likeness (QED) is 0.357. The summed E-state index contributed by atoms with van der Waals surface area (Å²) in [6.07, 6.45) is 7.04. The van der Waals surface area contributed by atoms with E-state index in [1.807, 2.05) is 6.92 Å². The van der Waals surface area contributed by atoms with Gasteiger partial charge >= 0.3 is 0 Å². The monoisotopic (exact) mass is 318 g/mol. The van der Waals surface area contributed by atoms with E-state index in [1.54, 1.807) is 6.92 Å². The number of guanidine groups is 1. The Hall–Kier alpha value is -0.820. The second-order valence-electron chi connectivity index (χ2n) is 5.39. The maximum Gasteiger partial charge on any atom is 0.211 e. The summed E-state index contributed by atoms with van der Waals surface area (Å²) in [4.78, 5) is 4.51. The molecule has 0 spiro atoms. The van der Waals surface area contributed by atoms with E-state index in [0.717, 1.165) is 12.5 Å². The van der Waals surface area contributed by atoms with Crippen LogP contribution in [0.15, 0.2) is 4.99 Å². The minimum absolute atomic E-state index is 0.127. The Labute approximate surface area is 129 Å². The van der Waals surface area contributed by atoms with Crippen molar-refractivity contribution in [3.8, 4) is 0 Å². The molecule has 1 fully saturated rings. The molecule has 0 aromatic heterocycles. The van der Waals surface area contributed by atoms with Gasteiger partial charge in [0.15, 0.2) is 5.96 Å². The van der Waals surface area contributed by atoms with Crippen molar-refractivity contribution in [1.82, 2.24) is 15.4 Å². The van der Waals surface area contributed by atoms with Gasteiger partial charge in [0, 0.05) is 25.7 Å². The van der Waals surface area contributed by atoms with Crippen molar-refractivity contribution in [3.05, 3.63) is 0 Å². The highest BCUT2D eigenvalue weighted by Gasteiger charge is 2.14. The van der Waals surface area contributed by atoms with Crippen LogP contribution in [0.3, 0.4) is 0 Å². The van der Waals surface area contributed by atoms with E-state index in [-0.39, 0.29) is 5.75 Å². The lowest BCUT2D eigenvalue weighted by molar-refractivity contribution is 0.410. The zero-order valence-corrected chi connectivity index (χ0v) is 14.1. The van der Waals surface area contributed by atoms with Crippen LogP contribution >= 0.6 is 0 Å². The molecule has 0 saturated heterocycles. The van der Waals surface area contributed by atoms with Gasteiger partial charge in [0.2, 0.25) is 10.0 Å². The van der Waals surface area contributed by atoms with Crippen LogP contribution in [0.4, 0.5) is 0 Å². The lowest BCUT2D eigenvalue weighted by Crippen LogP contribution is -2.44. The van der Waals surface area contributed by atoms with E-state index in [9.17, 15) is 8.42 Å². The van der Waals surface area contributed by atoms with Crippen molar-refractivity contribution in [2.45, 2.75) is 58.4 Å². The SMILES string of the molecule is CCNC(=NCCCNS(=O)(=O)CC)NC1CCCCC1. The van der Waals surface area contributed by atoms with Gasteiger partial charge in [-0.1, -0.05) is 19.3 Å². The largest absolute Gasteiger partial charge is 0.357 e. The van der Waals surface area contributed by atoms with Crippen molar-refractivity contribution in [3.63, 3.8) is 0 Å². The predicted molar refractivity (Wildman–Crippen MR) is 88.1 cm³/mol. The van der Waals surface area contributed by atoms with Gasteiger partial charge in [0.25, 0.3) is 0 Å². The highest BCUT2D eigenvalue weighted by molar-refractivity contribution is 7.89. The van der Waals surface area contributed by atoms with Crippen LogP contribution < -0.4 is 15.4 Å². The van der Waals surface area contributed by atoms with Crippen LogP contribution in [0, 0.1) is 0 Å². The van der Waals surface area contributed by atoms with Gasteiger partial charge in [-0.05, 0) is 33.1 Å². The zero-order valence-electron chi connectivity index (χ0n) is 13.3. The van der Waals surface area contributed by atoms with Gasteiger partial charge in [-0.3, -0.25) is 4.99 Å². The summed E-state index contributed by atoms with van der Waals surface area (Å²) in [6.45, 7) is 5.59. The number of aliphatic imine (C=N–C) groups is 1. The standard InChI is InChI=1S/C14H30N4O2S/c1-3-15-14(18-13-9-6-5-7-10-13)16-11-8-12-17-21(19,20)4-2/h13,17H,3-12H2,1-2H3,(H2,15,16,18). The fourth-order valence-corrected chi connectivity index (χ4v) is 3.02. The molecule has 3 N–H and O–H groups in total. The molecular weight excluding hydrogens is 288 g/mol. The molecule has 0 amide bonds. The Bertz CT molecular complexity index is 403. The summed E-state index contributed by atoms with van der Waals surface area (Å²) in [5.74, 6) is 0.977. The van der Waals surface area contributed by atoms with E-state index in [1.165, 1.54) is 32.1 Å². The molecule has 1 saturated carbocycles. The molecule has 1 aliphatic carbocycles. The molecule has 0 bridgehead atoms. The molecule has 0 aliphatic heterocycles. The lowest BCUT2D eigenvalue weighted by Gasteiger charge is -2.24. The van der Waals surface area contributed by atoms with Crippen molar-refractivity contribution in [2.24, 2.45) is 4.99 Å². The average molecular weight is 318 g/mol. The van der Waals surface area contributed by atoms with Crippen LogP contribution in [0.1, 0.15) is 52.4 Å². The smallest absolute Gasteiger partial charge is 0.211 e. The van der Waals surface area contributed by atoms with Gasteiger partial charge in [-0.2, -0.15) is 0 Å². The first-order valence-electron chi connectivity index (χ1n) is 8.09. The summed E-state index contributed by atoms with van der Waals surface area (Å²) in [5.41, 5.74) is 0. The van der Waals surface area contributed by atoms with Gasteiger partial charge in [-0.15, -0.1) is 0 Å². The Morgan fingerprint density at radius 1 is 1.19 bits per heavy atom.